The summed E-state index contributed by atoms with van der Waals surface area (Å²) < 4.78 is 6.62. The lowest BCUT2D eigenvalue weighted by atomic mass is 10.1. The normalized spacial score (nSPS) is 10.5. The second-order valence-electron chi connectivity index (χ2n) is 6.78. The first-order valence-electron chi connectivity index (χ1n) is 9.95. The van der Waals surface area contributed by atoms with Gasteiger partial charge in [-0.05, 0) is 49.4 Å². The average molecular weight is 411 g/mol. The first-order valence-corrected chi connectivity index (χ1v) is 9.95. The molecule has 1 aromatic heterocycles. The third-order valence-corrected chi connectivity index (χ3v) is 4.67. The molecule has 3 aromatic carbocycles. The Labute approximate surface area is 180 Å². The predicted octanol–water partition coefficient (Wildman–Crippen LogP) is 4.97. The zero-order valence-corrected chi connectivity index (χ0v) is 17.0. The number of hydrogen-bond acceptors (Lipinski definition) is 4. The highest BCUT2D eigenvalue weighted by molar-refractivity contribution is 6.04. The van der Waals surface area contributed by atoms with E-state index in [4.69, 9.17) is 4.74 Å². The molecule has 0 saturated carbocycles. The van der Waals surface area contributed by atoms with Crippen molar-refractivity contribution in [3.8, 4) is 16.9 Å². The van der Waals surface area contributed by atoms with E-state index < -0.39 is 5.97 Å². The number of carbonyl (C=O) groups excluding carboxylic acids is 2. The van der Waals surface area contributed by atoms with Gasteiger partial charge in [-0.15, -0.1) is 0 Å². The maximum atomic E-state index is 13.1. The number of benzene rings is 3. The van der Waals surface area contributed by atoms with E-state index in [1.165, 1.54) is 0 Å². The Bertz CT molecular complexity index is 1180. The van der Waals surface area contributed by atoms with Crippen molar-refractivity contribution in [2.75, 3.05) is 11.9 Å². The van der Waals surface area contributed by atoms with E-state index in [1.54, 1.807) is 41.9 Å². The van der Waals surface area contributed by atoms with Gasteiger partial charge in [0.15, 0.2) is 0 Å². The molecule has 4 aromatic rings. The van der Waals surface area contributed by atoms with Gasteiger partial charge in [-0.2, -0.15) is 5.10 Å². The first kappa shape index (κ1) is 20.1. The number of anilines is 1. The minimum Gasteiger partial charge on any atom is -0.462 e. The molecule has 6 nitrogen and oxygen atoms in total. The second kappa shape index (κ2) is 9.09. The van der Waals surface area contributed by atoms with Gasteiger partial charge in [-0.3, -0.25) is 4.79 Å². The highest BCUT2D eigenvalue weighted by atomic mass is 16.5. The molecule has 1 N–H and O–H groups in total. The Kier molecular flexibility index (Phi) is 5.89. The van der Waals surface area contributed by atoms with Crippen molar-refractivity contribution in [2.45, 2.75) is 6.92 Å². The lowest BCUT2D eigenvalue weighted by Crippen LogP contribution is -2.17. The lowest BCUT2D eigenvalue weighted by Gasteiger charge is -2.09. The number of ether oxygens (including phenoxy) is 1. The minimum absolute atomic E-state index is 0.303. The van der Waals surface area contributed by atoms with E-state index in [0.29, 0.717) is 29.2 Å². The molecule has 0 spiro atoms. The Morgan fingerprint density at radius 3 is 2.19 bits per heavy atom. The van der Waals surface area contributed by atoms with Crippen LogP contribution < -0.4 is 5.32 Å². The van der Waals surface area contributed by atoms with Crippen LogP contribution in [0.3, 0.4) is 0 Å². The molecule has 0 aliphatic rings. The quantitative estimate of drug-likeness (QED) is 0.455. The van der Waals surface area contributed by atoms with Crippen molar-refractivity contribution < 1.29 is 14.3 Å². The maximum absolute atomic E-state index is 13.1. The molecule has 0 unspecified atom stereocenters. The number of aromatic nitrogens is 2. The zero-order valence-electron chi connectivity index (χ0n) is 17.0. The Morgan fingerprint density at radius 1 is 0.903 bits per heavy atom. The summed E-state index contributed by atoms with van der Waals surface area (Å²) in [7, 11) is 0. The van der Waals surface area contributed by atoms with Crippen molar-refractivity contribution in [2.24, 2.45) is 0 Å². The monoisotopic (exact) mass is 411 g/mol. The lowest BCUT2D eigenvalue weighted by molar-refractivity contribution is 0.0526. The van der Waals surface area contributed by atoms with Crippen LogP contribution in [-0.4, -0.2) is 28.3 Å². The zero-order chi connectivity index (χ0) is 21.6. The molecule has 6 heteroatoms. The van der Waals surface area contributed by atoms with Gasteiger partial charge >= 0.3 is 5.97 Å². The standard InChI is InChI=1S/C25H21N3O3/c1-2-31-25(30)19-13-15-20(16-14-19)26-24(29)23-17-22(18-9-5-3-6-10-18)27-28(23)21-11-7-4-8-12-21/h3-17H,2H2,1H3,(H,26,29). The molecule has 0 bridgehead atoms. The largest absolute Gasteiger partial charge is 0.462 e. The molecule has 0 aliphatic heterocycles. The van der Waals surface area contributed by atoms with Crippen LogP contribution in [0.2, 0.25) is 0 Å². The number of esters is 1. The van der Waals surface area contributed by atoms with Gasteiger partial charge in [-0.1, -0.05) is 48.5 Å². The molecule has 0 saturated heterocycles. The van der Waals surface area contributed by atoms with Gasteiger partial charge in [0.2, 0.25) is 0 Å². The molecule has 154 valence electrons. The molecular formula is C25H21N3O3. The van der Waals surface area contributed by atoms with E-state index in [0.717, 1.165) is 11.3 Å². The van der Waals surface area contributed by atoms with E-state index in [2.05, 4.69) is 10.4 Å². The number of rotatable bonds is 6. The third-order valence-electron chi connectivity index (χ3n) is 4.67. The van der Waals surface area contributed by atoms with Gasteiger partial charge in [0.05, 0.1) is 23.6 Å². The summed E-state index contributed by atoms with van der Waals surface area (Å²) in [6, 6.07) is 27.6. The van der Waals surface area contributed by atoms with Crippen molar-refractivity contribution in [3.05, 3.63) is 102 Å². The molecule has 4 rings (SSSR count). The molecule has 31 heavy (non-hydrogen) atoms. The van der Waals surface area contributed by atoms with E-state index in [9.17, 15) is 9.59 Å². The van der Waals surface area contributed by atoms with Crippen molar-refractivity contribution in [1.29, 1.82) is 0 Å². The average Bonchev–Trinajstić information content (AvgIpc) is 3.27. The fourth-order valence-electron chi connectivity index (χ4n) is 3.16. The maximum Gasteiger partial charge on any atom is 0.338 e. The third kappa shape index (κ3) is 4.53. The molecule has 0 atom stereocenters. The Balaban J connectivity index is 1.64. The van der Waals surface area contributed by atoms with E-state index in [-0.39, 0.29) is 5.91 Å². The topological polar surface area (TPSA) is 73.2 Å². The second-order valence-corrected chi connectivity index (χ2v) is 6.78. The number of nitrogens with one attached hydrogen (secondary N) is 1. The summed E-state index contributed by atoms with van der Waals surface area (Å²) in [5, 5.41) is 7.55. The van der Waals surface area contributed by atoms with Gasteiger partial charge < -0.3 is 10.1 Å². The van der Waals surface area contributed by atoms with Gasteiger partial charge in [0, 0.05) is 11.3 Å². The summed E-state index contributed by atoms with van der Waals surface area (Å²) in [5.41, 5.74) is 3.81. The molecular weight excluding hydrogens is 390 g/mol. The predicted molar refractivity (Wildman–Crippen MR) is 119 cm³/mol. The number of hydrogen-bond donors (Lipinski definition) is 1. The first-order chi connectivity index (χ1) is 15.2. The van der Waals surface area contributed by atoms with Crippen LogP contribution >= 0.6 is 0 Å². The van der Waals surface area contributed by atoms with Crippen LogP contribution in [0.1, 0.15) is 27.8 Å². The molecule has 1 heterocycles. The van der Waals surface area contributed by atoms with Gasteiger partial charge in [0.1, 0.15) is 5.69 Å². The number of para-hydroxylation sites is 1. The fourth-order valence-corrected chi connectivity index (χ4v) is 3.16. The summed E-state index contributed by atoms with van der Waals surface area (Å²) in [6.07, 6.45) is 0. The van der Waals surface area contributed by atoms with E-state index >= 15 is 0 Å². The summed E-state index contributed by atoms with van der Waals surface area (Å²) >= 11 is 0. The van der Waals surface area contributed by atoms with Gasteiger partial charge in [-0.25, -0.2) is 9.48 Å². The van der Waals surface area contributed by atoms with Crippen molar-refractivity contribution in [3.63, 3.8) is 0 Å². The van der Waals surface area contributed by atoms with Crippen LogP contribution in [-0.2, 0) is 4.74 Å². The SMILES string of the molecule is CCOC(=O)c1ccc(NC(=O)c2cc(-c3ccccc3)nn2-c2ccccc2)cc1. The van der Waals surface area contributed by atoms with Crippen molar-refractivity contribution >= 4 is 17.6 Å². The molecule has 1 amide bonds. The fraction of sp³-hybridized carbons (Fsp3) is 0.0800. The highest BCUT2D eigenvalue weighted by Crippen LogP contribution is 2.22. The molecule has 0 aliphatic carbocycles. The van der Waals surface area contributed by atoms with Crippen LogP contribution in [0.25, 0.3) is 16.9 Å². The van der Waals surface area contributed by atoms with Crippen LogP contribution in [0, 0.1) is 0 Å². The van der Waals surface area contributed by atoms with Crippen LogP contribution in [0.4, 0.5) is 5.69 Å². The van der Waals surface area contributed by atoms with Crippen LogP contribution in [0.15, 0.2) is 91.0 Å². The number of amides is 1. The van der Waals surface area contributed by atoms with Crippen LogP contribution in [0.5, 0.6) is 0 Å². The van der Waals surface area contributed by atoms with Gasteiger partial charge in [0.25, 0.3) is 5.91 Å². The summed E-state index contributed by atoms with van der Waals surface area (Å²) in [6.45, 7) is 2.07. The number of nitrogens with zero attached hydrogens (tertiary/aromatic N) is 2. The molecule has 0 radical (unpaired) electrons. The number of carbonyl (C=O) groups is 2. The smallest absolute Gasteiger partial charge is 0.338 e. The summed E-state index contributed by atoms with van der Waals surface area (Å²) in [5.74, 6) is -0.697. The minimum atomic E-state index is -0.393. The Hall–Kier alpha value is -4.19. The Morgan fingerprint density at radius 2 is 1.55 bits per heavy atom. The van der Waals surface area contributed by atoms with E-state index in [1.807, 2.05) is 60.7 Å². The molecule has 0 fully saturated rings. The highest BCUT2D eigenvalue weighted by Gasteiger charge is 2.18. The van der Waals surface area contributed by atoms with Crippen molar-refractivity contribution in [1.82, 2.24) is 9.78 Å². The summed E-state index contributed by atoms with van der Waals surface area (Å²) in [4.78, 5) is 24.9.